The Bertz CT molecular complexity index is 1570. The predicted octanol–water partition coefficient (Wildman–Crippen LogP) is 8.15. The van der Waals surface area contributed by atoms with E-state index in [1.807, 2.05) is 0 Å². The zero-order chi connectivity index (χ0) is 21.5. The Labute approximate surface area is 190 Å². The first-order valence-electron chi connectivity index (χ1n) is 10.7. The third-order valence-corrected chi connectivity index (χ3v) is 6.96. The summed E-state index contributed by atoms with van der Waals surface area (Å²) < 4.78 is 0. The maximum atomic E-state index is 4.56. The van der Waals surface area contributed by atoms with E-state index in [2.05, 4.69) is 120 Å². The van der Waals surface area contributed by atoms with Crippen molar-refractivity contribution in [2.45, 2.75) is 6.92 Å². The van der Waals surface area contributed by atoms with Crippen LogP contribution in [-0.2, 0) is 0 Å². The van der Waals surface area contributed by atoms with Crippen LogP contribution in [0.25, 0.3) is 53.8 Å². The van der Waals surface area contributed by atoms with Gasteiger partial charge in [0.2, 0.25) is 0 Å². The van der Waals surface area contributed by atoms with Gasteiger partial charge in [-0.25, -0.2) is 0 Å². The highest BCUT2D eigenvalue weighted by Gasteiger charge is 2.15. The molecular weight excluding hydrogens is 408 g/mol. The minimum Gasteiger partial charge on any atom is -0.138 e. The van der Waals surface area contributed by atoms with E-state index in [9.17, 15) is 0 Å². The molecule has 0 aliphatic carbocycles. The van der Waals surface area contributed by atoms with Crippen molar-refractivity contribution in [3.63, 3.8) is 0 Å². The minimum atomic E-state index is 0.946. The van der Waals surface area contributed by atoms with Gasteiger partial charge in [-0.15, -0.1) is 10.2 Å². The van der Waals surface area contributed by atoms with Crippen molar-refractivity contribution in [3.8, 4) is 32.3 Å². The zero-order valence-electron chi connectivity index (χ0n) is 17.6. The van der Waals surface area contributed by atoms with Crippen LogP contribution in [0.4, 0.5) is 0 Å². The summed E-state index contributed by atoms with van der Waals surface area (Å²) in [5.74, 6) is 0. The van der Waals surface area contributed by atoms with Gasteiger partial charge in [0.1, 0.15) is 10.0 Å². The standard InChI is InChI=1S/C29H20N2S/c1-19-13-15-21(16-14-19)28-30-31-29(32-28)27-18-17-26(24-10-4-5-11-25(24)27)23-12-6-8-20-7-2-3-9-22(20)23/h2-18H,1H3. The van der Waals surface area contributed by atoms with Gasteiger partial charge in [-0.05, 0) is 39.6 Å². The van der Waals surface area contributed by atoms with Crippen molar-refractivity contribution in [2.75, 3.05) is 0 Å². The molecule has 0 saturated heterocycles. The Morgan fingerprint density at radius 3 is 1.91 bits per heavy atom. The number of hydrogen-bond donors (Lipinski definition) is 0. The van der Waals surface area contributed by atoms with Gasteiger partial charge in [0.25, 0.3) is 0 Å². The Balaban J connectivity index is 1.52. The molecular formula is C29H20N2S. The molecule has 6 aromatic rings. The van der Waals surface area contributed by atoms with Crippen LogP contribution in [-0.4, -0.2) is 10.2 Å². The molecule has 6 rings (SSSR count). The molecule has 0 fully saturated rings. The fraction of sp³-hybridized carbons (Fsp3) is 0.0345. The molecule has 0 aliphatic heterocycles. The number of benzene rings is 5. The lowest BCUT2D eigenvalue weighted by molar-refractivity contribution is 1.10. The first-order valence-corrected chi connectivity index (χ1v) is 11.5. The highest BCUT2D eigenvalue weighted by molar-refractivity contribution is 7.18. The van der Waals surface area contributed by atoms with Crippen LogP contribution < -0.4 is 0 Å². The lowest BCUT2D eigenvalue weighted by atomic mass is 9.92. The lowest BCUT2D eigenvalue weighted by Crippen LogP contribution is -1.87. The Morgan fingerprint density at radius 1 is 0.500 bits per heavy atom. The van der Waals surface area contributed by atoms with Crippen molar-refractivity contribution < 1.29 is 0 Å². The molecule has 0 saturated carbocycles. The van der Waals surface area contributed by atoms with Gasteiger partial charge in [-0.2, -0.15) is 0 Å². The van der Waals surface area contributed by atoms with E-state index in [0.29, 0.717) is 0 Å². The minimum absolute atomic E-state index is 0.946. The predicted molar refractivity (Wildman–Crippen MR) is 136 cm³/mol. The molecule has 1 heterocycles. The quantitative estimate of drug-likeness (QED) is 0.284. The second kappa shape index (κ2) is 7.70. The third-order valence-electron chi connectivity index (χ3n) is 5.96. The van der Waals surface area contributed by atoms with E-state index >= 15 is 0 Å². The highest BCUT2D eigenvalue weighted by atomic mass is 32.1. The number of fused-ring (bicyclic) bond motifs is 2. The number of aromatic nitrogens is 2. The number of aryl methyl sites for hydroxylation is 1. The van der Waals surface area contributed by atoms with Gasteiger partial charge < -0.3 is 0 Å². The SMILES string of the molecule is Cc1ccc(-c2nnc(-c3ccc(-c4cccc5ccccc45)c4ccccc34)s2)cc1. The summed E-state index contributed by atoms with van der Waals surface area (Å²) in [4.78, 5) is 0. The molecule has 0 atom stereocenters. The van der Waals surface area contributed by atoms with Crippen LogP contribution >= 0.6 is 11.3 Å². The summed E-state index contributed by atoms with van der Waals surface area (Å²) in [6.45, 7) is 2.10. The molecule has 0 N–H and O–H groups in total. The van der Waals surface area contributed by atoms with Crippen LogP contribution in [0, 0.1) is 6.92 Å². The van der Waals surface area contributed by atoms with E-state index in [1.165, 1.54) is 38.2 Å². The van der Waals surface area contributed by atoms with Crippen molar-refractivity contribution in [3.05, 3.63) is 109 Å². The van der Waals surface area contributed by atoms with E-state index < -0.39 is 0 Å². The van der Waals surface area contributed by atoms with Gasteiger partial charge in [0.15, 0.2) is 0 Å². The fourth-order valence-corrected chi connectivity index (χ4v) is 5.21. The summed E-state index contributed by atoms with van der Waals surface area (Å²) in [6.07, 6.45) is 0. The number of hydrogen-bond acceptors (Lipinski definition) is 3. The van der Waals surface area contributed by atoms with Crippen molar-refractivity contribution in [1.82, 2.24) is 10.2 Å². The lowest BCUT2D eigenvalue weighted by Gasteiger charge is -2.12. The summed E-state index contributed by atoms with van der Waals surface area (Å²) in [5, 5.41) is 15.9. The molecule has 32 heavy (non-hydrogen) atoms. The molecule has 2 nitrogen and oxygen atoms in total. The van der Waals surface area contributed by atoms with Crippen molar-refractivity contribution in [2.24, 2.45) is 0 Å². The fourth-order valence-electron chi connectivity index (χ4n) is 4.33. The molecule has 0 bridgehead atoms. The summed E-state index contributed by atoms with van der Waals surface area (Å²) in [5.41, 5.74) is 5.97. The monoisotopic (exact) mass is 428 g/mol. The van der Waals surface area contributed by atoms with E-state index in [0.717, 1.165) is 21.1 Å². The summed E-state index contributed by atoms with van der Waals surface area (Å²) >= 11 is 1.64. The van der Waals surface area contributed by atoms with Crippen LogP contribution in [0.3, 0.4) is 0 Å². The molecule has 5 aromatic carbocycles. The van der Waals surface area contributed by atoms with Gasteiger partial charge in [0.05, 0.1) is 0 Å². The second-order valence-corrected chi connectivity index (χ2v) is 8.99. The third kappa shape index (κ3) is 3.19. The van der Waals surface area contributed by atoms with Gasteiger partial charge in [-0.3, -0.25) is 0 Å². The highest BCUT2D eigenvalue weighted by Crippen LogP contribution is 2.39. The summed E-state index contributed by atoms with van der Waals surface area (Å²) in [7, 11) is 0. The zero-order valence-corrected chi connectivity index (χ0v) is 18.4. The topological polar surface area (TPSA) is 25.8 Å². The van der Waals surface area contributed by atoms with Gasteiger partial charge in [-0.1, -0.05) is 120 Å². The molecule has 152 valence electrons. The normalized spacial score (nSPS) is 11.3. The molecule has 0 aliphatic rings. The van der Waals surface area contributed by atoms with Crippen LogP contribution in [0.2, 0.25) is 0 Å². The van der Waals surface area contributed by atoms with Crippen LogP contribution in [0.5, 0.6) is 0 Å². The smallest absolute Gasteiger partial charge is 0.138 e. The van der Waals surface area contributed by atoms with Gasteiger partial charge in [0, 0.05) is 11.1 Å². The maximum Gasteiger partial charge on any atom is 0.148 e. The Kier molecular flexibility index (Phi) is 4.55. The number of rotatable bonds is 3. The molecule has 3 heteroatoms. The first kappa shape index (κ1) is 18.9. The van der Waals surface area contributed by atoms with Crippen LogP contribution in [0.1, 0.15) is 5.56 Å². The average Bonchev–Trinajstić information content (AvgIpc) is 3.33. The average molecular weight is 429 g/mol. The molecule has 1 aromatic heterocycles. The van der Waals surface area contributed by atoms with Crippen molar-refractivity contribution in [1.29, 1.82) is 0 Å². The van der Waals surface area contributed by atoms with E-state index in [4.69, 9.17) is 0 Å². The molecule has 0 radical (unpaired) electrons. The Hall–Kier alpha value is -3.82. The molecule has 0 unspecified atom stereocenters. The number of nitrogens with zero attached hydrogens (tertiary/aromatic N) is 2. The molecule has 0 amide bonds. The second-order valence-electron chi connectivity index (χ2n) is 8.01. The van der Waals surface area contributed by atoms with E-state index in [1.54, 1.807) is 11.3 Å². The molecule has 0 spiro atoms. The summed E-state index contributed by atoms with van der Waals surface area (Å²) in [6, 6.07) is 36.6. The van der Waals surface area contributed by atoms with Crippen molar-refractivity contribution >= 4 is 32.9 Å². The van der Waals surface area contributed by atoms with Gasteiger partial charge >= 0.3 is 0 Å². The van der Waals surface area contributed by atoms with E-state index in [-0.39, 0.29) is 0 Å². The maximum absolute atomic E-state index is 4.56. The van der Waals surface area contributed by atoms with Crippen LogP contribution in [0.15, 0.2) is 103 Å². The largest absolute Gasteiger partial charge is 0.148 e. The first-order chi connectivity index (χ1) is 15.8. The Morgan fingerprint density at radius 2 is 1.09 bits per heavy atom.